The number of rotatable bonds is 13. The summed E-state index contributed by atoms with van der Waals surface area (Å²) in [7, 11) is 0. The first kappa shape index (κ1) is 22.9. The molecule has 0 heterocycles. The van der Waals surface area contributed by atoms with E-state index >= 15 is 0 Å². The molecule has 142 valence electrons. The third-order valence-corrected chi connectivity index (χ3v) is 3.80. The Balaban J connectivity index is 3.90. The Kier molecular flexibility index (Phi) is 12.6. The van der Waals surface area contributed by atoms with E-state index in [1.165, 1.54) is 0 Å². The fraction of sp³-hybridized carbons (Fsp3) is 0.889. The molecule has 0 saturated heterocycles. The monoisotopic (exact) mass is 344 g/mol. The first-order chi connectivity index (χ1) is 11.3. The van der Waals surface area contributed by atoms with Crippen LogP contribution in [0, 0.1) is 23.7 Å². The standard InChI is InChI=1S/C18H36N2O4/c1-13(2)7-15(11-19)9-17(21)23-5-6-24-18(22)10-16(12-20)8-14(3)4/h13-16H,5-12,19-20H2,1-4H3/t15-,16+. The van der Waals surface area contributed by atoms with Crippen LogP contribution in [0.15, 0.2) is 0 Å². The quantitative estimate of drug-likeness (QED) is 0.391. The molecule has 0 aromatic carbocycles. The van der Waals surface area contributed by atoms with E-state index in [0.717, 1.165) is 12.8 Å². The highest BCUT2D eigenvalue weighted by molar-refractivity contribution is 5.70. The van der Waals surface area contributed by atoms with Gasteiger partial charge in [-0.25, -0.2) is 0 Å². The molecule has 6 heteroatoms. The third-order valence-electron chi connectivity index (χ3n) is 3.80. The van der Waals surface area contributed by atoms with E-state index in [1.54, 1.807) is 0 Å². The average molecular weight is 344 g/mol. The SMILES string of the molecule is CC(C)C[C@H](CN)CC(=O)OCCOC(=O)C[C@H](CN)CC(C)C. The number of carbonyl (C=O) groups is 2. The van der Waals surface area contributed by atoms with Crippen molar-refractivity contribution in [2.75, 3.05) is 26.3 Å². The number of hydrogen-bond donors (Lipinski definition) is 2. The van der Waals surface area contributed by atoms with Gasteiger partial charge in [-0.05, 0) is 49.6 Å². The van der Waals surface area contributed by atoms with Crippen molar-refractivity contribution < 1.29 is 19.1 Å². The van der Waals surface area contributed by atoms with Crippen molar-refractivity contribution in [2.24, 2.45) is 35.1 Å². The van der Waals surface area contributed by atoms with Gasteiger partial charge in [-0.3, -0.25) is 9.59 Å². The van der Waals surface area contributed by atoms with Crippen LogP contribution in [0.4, 0.5) is 0 Å². The van der Waals surface area contributed by atoms with Crippen LogP contribution < -0.4 is 11.5 Å². The minimum Gasteiger partial charge on any atom is -0.462 e. The third kappa shape index (κ3) is 12.3. The van der Waals surface area contributed by atoms with Gasteiger partial charge in [0.25, 0.3) is 0 Å². The van der Waals surface area contributed by atoms with E-state index in [1.807, 2.05) is 0 Å². The zero-order valence-electron chi connectivity index (χ0n) is 15.8. The van der Waals surface area contributed by atoms with Crippen molar-refractivity contribution >= 4 is 11.9 Å². The van der Waals surface area contributed by atoms with E-state index in [2.05, 4.69) is 27.7 Å². The van der Waals surface area contributed by atoms with E-state index in [9.17, 15) is 9.59 Å². The van der Waals surface area contributed by atoms with Gasteiger partial charge in [0.15, 0.2) is 0 Å². The van der Waals surface area contributed by atoms with Crippen LogP contribution in [0.1, 0.15) is 53.4 Å². The molecule has 0 saturated carbocycles. The molecule has 0 rings (SSSR count). The van der Waals surface area contributed by atoms with Crippen LogP contribution >= 0.6 is 0 Å². The van der Waals surface area contributed by atoms with Crippen LogP contribution in [0.2, 0.25) is 0 Å². The molecule has 0 aromatic rings. The van der Waals surface area contributed by atoms with Gasteiger partial charge in [0.1, 0.15) is 13.2 Å². The summed E-state index contributed by atoms with van der Waals surface area (Å²) in [5.74, 6) is 0.689. The summed E-state index contributed by atoms with van der Waals surface area (Å²) in [6.07, 6.45) is 2.42. The largest absolute Gasteiger partial charge is 0.462 e. The Morgan fingerprint density at radius 3 is 1.33 bits per heavy atom. The lowest BCUT2D eigenvalue weighted by atomic mass is 9.94. The summed E-state index contributed by atoms with van der Waals surface area (Å²) in [6, 6.07) is 0. The first-order valence-corrected chi connectivity index (χ1v) is 8.99. The lowest BCUT2D eigenvalue weighted by Crippen LogP contribution is -2.23. The highest BCUT2D eigenvalue weighted by Gasteiger charge is 2.17. The van der Waals surface area contributed by atoms with Gasteiger partial charge < -0.3 is 20.9 Å². The Bertz CT molecular complexity index is 325. The summed E-state index contributed by atoms with van der Waals surface area (Å²) in [4.78, 5) is 23.5. The fourth-order valence-electron chi connectivity index (χ4n) is 2.76. The van der Waals surface area contributed by atoms with Gasteiger partial charge >= 0.3 is 11.9 Å². The van der Waals surface area contributed by atoms with E-state index in [0.29, 0.717) is 37.8 Å². The number of ether oxygens (including phenoxy) is 2. The molecule has 0 unspecified atom stereocenters. The molecule has 0 aromatic heterocycles. The normalized spacial score (nSPS) is 13.8. The Morgan fingerprint density at radius 1 is 0.750 bits per heavy atom. The minimum atomic E-state index is -0.290. The highest BCUT2D eigenvalue weighted by Crippen LogP contribution is 2.15. The van der Waals surface area contributed by atoms with Crippen LogP contribution in [0.5, 0.6) is 0 Å². The van der Waals surface area contributed by atoms with E-state index in [-0.39, 0.29) is 37.0 Å². The van der Waals surface area contributed by atoms with Gasteiger partial charge in [-0.2, -0.15) is 0 Å². The molecule has 0 fully saturated rings. The maximum atomic E-state index is 11.7. The van der Waals surface area contributed by atoms with Crippen molar-refractivity contribution in [3.8, 4) is 0 Å². The van der Waals surface area contributed by atoms with Gasteiger partial charge in [0.2, 0.25) is 0 Å². The lowest BCUT2D eigenvalue weighted by molar-refractivity contribution is -0.153. The summed E-state index contributed by atoms with van der Waals surface area (Å²) in [6.45, 7) is 9.50. The van der Waals surface area contributed by atoms with Crippen molar-refractivity contribution in [3.63, 3.8) is 0 Å². The number of nitrogens with two attached hydrogens (primary N) is 2. The second-order valence-electron chi connectivity index (χ2n) is 7.31. The smallest absolute Gasteiger partial charge is 0.306 e. The van der Waals surface area contributed by atoms with Crippen molar-refractivity contribution in [1.82, 2.24) is 0 Å². The second kappa shape index (κ2) is 13.2. The summed E-state index contributed by atoms with van der Waals surface area (Å²) in [5, 5.41) is 0. The zero-order valence-corrected chi connectivity index (χ0v) is 15.8. The molecule has 0 amide bonds. The molecule has 4 N–H and O–H groups in total. The molecule has 2 atom stereocenters. The zero-order chi connectivity index (χ0) is 18.5. The number of hydrogen-bond acceptors (Lipinski definition) is 6. The van der Waals surface area contributed by atoms with E-state index in [4.69, 9.17) is 20.9 Å². The predicted molar refractivity (Wildman–Crippen MR) is 95.2 cm³/mol. The molecule has 0 spiro atoms. The molecule has 0 aliphatic rings. The molecule has 24 heavy (non-hydrogen) atoms. The van der Waals surface area contributed by atoms with Crippen LogP contribution in [0.3, 0.4) is 0 Å². The molecule has 0 aliphatic heterocycles. The summed E-state index contributed by atoms with van der Waals surface area (Å²) < 4.78 is 10.2. The molecule has 0 aliphatic carbocycles. The van der Waals surface area contributed by atoms with Crippen LogP contribution in [-0.4, -0.2) is 38.2 Å². The van der Waals surface area contributed by atoms with Crippen LogP contribution in [0.25, 0.3) is 0 Å². The van der Waals surface area contributed by atoms with Gasteiger partial charge in [-0.15, -0.1) is 0 Å². The highest BCUT2D eigenvalue weighted by atomic mass is 16.6. The molecular weight excluding hydrogens is 308 g/mol. The predicted octanol–water partition coefficient (Wildman–Crippen LogP) is 2.10. The molecule has 6 nitrogen and oxygen atoms in total. The Morgan fingerprint density at radius 2 is 1.08 bits per heavy atom. The van der Waals surface area contributed by atoms with Gasteiger partial charge in [0.05, 0.1) is 0 Å². The second-order valence-corrected chi connectivity index (χ2v) is 7.31. The number of carbonyl (C=O) groups excluding carboxylic acids is 2. The number of esters is 2. The maximum Gasteiger partial charge on any atom is 0.306 e. The van der Waals surface area contributed by atoms with Crippen molar-refractivity contribution in [2.45, 2.75) is 53.4 Å². The van der Waals surface area contributed by atoms with Crippen LogP contribution in [-0.2, 0) is 19.1 Å². The van der Waals surface area contributed by atoms with Crippen molar-refractivity contribution in [1.29, 1.82) is 0 Å². The molecular formula is C18H36N2O4. The topological polar surface area (TPSA) is 105 Å². The van der Waals surface area contributed by atoms with Gasteiger partial charge in [0, 0.05) is 12.8 Å². The maximum absolute atomic E-state index is 11.7. The first-order valence-electron chi connectivity index (χ1n) is 8.99. The van der Waals surface area contributed by atoms with E-state index < -0.39 is 0 Å². The lowest BCUT2D eigenvalue weighted by Gasteiger charge is -2.17. The Hall–Kier alpha value is -1.14. The average Bonchev–Trinajstić information content (AvgIpc) is 2.49. The fourth-order valence-corrected chi connectivity index (χ4v) is 2.76. The van der Waals surface area contributed by atoms with Gasteiger partial charge in [-0.1, -0.05) is 27.7 Å². The summed E-state index contributed by atoms with van der Waals surface area (Å²) >= 11 is 0. The molecule has 0 radical (unpaired) electrons. The molecule has 0 bridgehead atoms. The minimum absolute atomic E-state index is 0.0843. The summed E-state index contributed by atoms with van der Waals surface area (Å²) in [5.41, 5.74) is 11.3. The Labute approximate surface area is 146 Å². The van der Waals surface area contributed by atoms with Crippen molar-refractivity contribution in [3.05, 3.63) is 0 Å².